The molecule has 8 heteroatoms. The predicted octanol–water partition coefficient (Wildman–Crippen LogP) is -1.93. The topological polar surface area (TPSA) is 91.2 Å². The molecular weight excluding hydrogens is 306 g/mol. The van der Waals surface area contributed by atoms with Gasteiger partial charge in [-0.2, -0.15) is 0 Å². The maximum Gasteiger partial charge on any atom is 0.344 e. The molecule has 0 bridgehead atoms. The van der Waals surface area contributed by atoms with Gasteiger partial charge in [0.05, 0.1) is 43.7 Å². The van der Waals surface area contributed by atoms with E-state index in [1.54, 1.807) is 24.3 Å². The van der Waals surface area contributed by atoms with Crippen molar-refractivity contribution in [1.82, 2.24) is 5.32 Å². The van der Waals surface area contributed by atoms with Crippen molar-refractivity contribution >= 4 is 21.6 Å². The number of aliphatic hydroxyl groups excluding tert-OH is 1. The number of hydrogen-bond donors (Lipinski definition) is 3. The zero-order chi connectivity index (χ0) is 16.2. The number of piperazine rings is 1. The Hall–Kier alpha value is -1.48. The fourth-order valence-electron chi connectivity index (χ4n) is 2.52. The van der Waals surface area contributed by atoms with Gasteiger partial charge in [-0.25, -0.2) is 13.2 Å². The van der Waals surface area contributed by atoms with Crippen LogP contribution < -0.4 is 14.5 Å². The van der Waals surface area contributed by atoms with E-state index in [2.05, 4.69) is 5.32 Å². The molecule has 0 unspecified atom stereocenters. The second kappa shape index (κ2) is 7.19. The Morgan fingerprint density at radius 3 is 2.36 bits per heavy atom. The van der Waals surface area contributed by atoms with E-state index < -0.39 is 10.0 Å². The summed E-state index contributed by atoms with van der Waals surface area (Å²) in [5, 5.41) is 12.2. The molecule has 1 amide bonds. The van der Waals surface area contributed by atoms with Crippen LogP contribution in [0.4, 0.5) is 5.69 Å². The summed E-state index contributed by atoms with van der Waals surface area (Å²) in [6, 6.07) is 6.49. The number of benzene rings is 1. The molecule has 2 rings (SSSR count). The highest BCUT2D eigenvalue weighted by atomic mass is 32.2. The van der Waals surface area contributed by atoms with E-state index in [9.17, 15) is 13.2 Å². The van der Waals surface area contributed by atoms with Crippen LogP contribution >= 0.6 is 0 Å². The van der Waals surface area contributed by atoms with Gasteiger partial charge in [0.15, 0.2) is 0 Å². The van der Waals surface area contributed by atoms with E-state index in [1.807, 2.05) is 0 Å². The van der Waals surface area contributed by atoms with Crippen LogP contribution in [0.25, 0.3) is 0 Å². The van der Waals surface area contributed by atoms with Crippen molar-refractivity contribution in [2.75, 3.05) is 49.9 Å². The van der Waals surface area contributed by atoms with E-state index >= 15 is 0 Å². The number of nitrogens with zero attached hydrogens (tertiary/aromatic N) is 1. The number of anilines is 1. The van der Waals surface area contributed by atoms with Gasteiger partial charge in [0.25, 0.3) is 0 Å². The molecule has 0 atom stereocenters. The molecule has 1 saturated heterocycles. The van der Waals surface area contributed by atoms with Crippen LogP contribution in [0.15, 0.2) is 24.3 Å². The first-order valence-electron chi connectivity index (χ1n) is 7.22. The fraction of sp³-hybridized carbons (Fsp3) is 0.500. The number of aliphatic hydroxyl groups is 1. The van der Waals surface area contributed by atoms with Gasteiger partial charge in [0.1, 0.15) is 0 Å². The molecule has 1 aromatic carbocycles. The molecule has 122 valence electrons. The number of rotatable bonds is 5. The monoisotopic (exact) mass is 328 g/mol. The SMILES string of the molecule is CS(=O)(=O)N(CCO)c1ccc(C(=O)[NH+]2CCNCC2)cc1. The second-order valence-electron chi connectivity index (χ2n) is 5.29. The molecule has 3 N–H and O–H groups in total. The lowest BCUT2D eigenvalue weighted by Gasteiger charge is -2.23. The van der Waals surface area contributed by atoms with Crippen molar-refractivity contribution < 1.29 is 23.2 Å². The van der Waals surface area contributed by atoms with Crippen LogP contribution in [0.2, 0.25) is 0 Å². The van der Waals surface area contributed by atoms with Crippen molar-refractivity contribution in [2.45, 2.75) is 0 Å². The minimum absolute atomic E-state index is 0.00479. The average Bonchev–Trinajstić information content (AvgIpc) is 2.52. The maximum atomic E-state index is 12.4. The molecule has 22 heavy (non-hydrogen) atoms. The molecule has 0 saturated carbocycles. The third-order valence-corrected chi connectivity index (χ3v) is 4.84. The van der Waals surface area contributed by atoms with Crippen LogP contribution in [0, 0.1) is 0 Å². The highest BCUT2D eigenvalue weighted by Crippen LogP contribution is 2.17. The fourth-order valence-corrected chi connectivity index (χ4v) is 3.43. The molecule has 1 aliphatic heterocycles. The lowest BCUT2D eigenvalue weighted by Crippen LogP contribution is -3.17. The number of quaternary nitrogens is 1. The Kier molecular flexibility index (Phi) is 5.52. The van der Waals surface area contributed by atoms with E-state index in [0.717, 1.165) is 41.6 Å². The second-order valence-corrected chi connectivity index (χ2v) is 7.20. The molecule has 0 spiro atoms. The number of amides is 1. The summed E-state index contributed by atoms with van der Waals surface area (Å²) in [5.41, 5.74) is 1.02. The van der Waals surface area contributed by atoms with Crippen molar-refractivity contribution in [1.29, 1.82) is 0 Å². The molecule has 7 nitrogen and oxygen atoms in total. The van der Waals surface area contributed by atoms with Crippen LogP contribution in [0.5, 0.6) is 0 Å². The van der Waals surface area contributed by atoms with Crippen molar-refractivity contribution in [2.24, 2.45) is 0 Å². The Balaban J connectivity index is 2.16. The molecule has 0 radical (unpaired) electrons. The Bertz CT molecular complexity index is 609. The number of nitrogens with one attached hydrogen (secondary N) is 2. The van der Waals surface area contributed by atoms with Crippen molar-refractivity contribution in [3.8, 4) is 0 Å². The Morgan fingerprint density at radius 1 is 1.27 bits per heavy atom. The van der Waals surface area contributed by atoms with Crippen molar-refractivity contribution in [3.05, 3.63) is 29.8 Å². The van der Waals surface area contributed by atoms with E-state index in [0.29, 0.717) is 11.3 Å². The maximum absolute atomic E-state index is 12.4. The van der Waals surface area contributed by atoms with Gasteiger partial charge in [-0.15, -0.1) is 0 Å². The minimum Gasteiger partial charge on any atom is -0.394 e. The van der Waals surface area contributed by atoms with E-state index in [4.69, 9.17) is 5.11 Å². The Morgan fingerprint density at radius 2 is 1.86 bits per heavy atom. The summed E-state index contributed by atoms with van der Waals surface area (Å²) in [5.74, 6) is 0.0288. The van der Waals surface area contributed by atoms with Gasteiger partial charge >= 0.3 is 5.91 Å². The van der Waals surface area contributed by atoms with Gasteiger partial charge < -0.3 is 10.4 Å². The standard InChI is InChI=1S/C14H21N3O4S/c1-22(20,21)17(10-11-18)13-4-2-12(3-5-13)14(19)16-8-6-15-7-9-16/h2-5,15,18H,6-11H2,1H3/p+1. The molecule has 0 aromatic heterocycles. The largest absolute Gasteiger partial charge is 0.394 e. The molecular formula is C14H22N3O4S+. The minimum atomic E-state index is -3.46. The van der Waals surface area contributed by atoms with Gasteiger partial charge in [0.2, 0.25) is 10.0 Å². The molecule has 1 heterocycles. The van der Waals surface area contributed by atoms with Crippen LogP contribution in [-0.4, -0.2) is 65.0 Å². The number of sulfonamides is 1. The summed E-state index contributed by atoms with van der Waals surface area (Å²) in [6.07, 6.45) is 1.09. The van der Waals surface area contributed by atoms with Crippen LogP contribution in [0.1, 0.15) is 10.4 Å². The first-order chi connectivity index (χ1) is 10.4. The molecule has 0 aliphatic carbocycles. The van der Waals surface area contributed by atoms with Gasteiger partial charge in [0, 0.05) is 13.1 Å². The quantitative estimate of drug-likeness (QED) is 0.586. The number of carbonyl (C=O) groups excluding carboxylic acids is 1. The lowest BCUT2D eigenvalue weighted by molar-refractivity contribution is -0.816. The van der Waals surface area contributed by atoms with Crippen LogP contribution in [-0.2, 0) is 10.0 Å². The highest BCUT2D eigenvalue weighted by molar-refractivity contribution is 7.92. The molecule has 1 aliphatic rings. The zero-order valence-corrected chi connectivity index (χ0v) is 13.4. The number of carbonyl (C=O) groups is 1. The van der Waals surface area contributed by atoms with Crippen LogP contribution in [0.3, 0.4) is 0 Å². The summed E-state index contributed by atoms with van der Waals surface area (Å²) >= 11 is 0. The summed E-state index contributed by atoms with van der Waals surface area (Å²) in [7, 11) is -3.46. The third kappa shape index (κ3) is 4.04. The third-order valence-electron chi connectivity index (χ3n) is 3.65. The van der Waals surface area contributed by atoms with Gasteiger partial charge in [-0.3, -0.25) is 9.21 Å². The lowest BCUT2D eigenvalue weighted by atomic mass is 10.1. The predicted molar refractivity (Wildman–Crippen MR) is 83.6 cm³/mol. The average molecular weight is 328 g/mol. The smallest absolute Gasteiger partial charge is 0.344 e. The summed E-state index contributed by atoms with van der Waals surface area (Å²) < 4.78 is 24.6. The summed E-state index contributed by atoms with van der Waals surface area (Å²) in [4.78, 5) is 13.3. The summed E-state index contributed by atoms with van der Waals surface area (Å²) in [6.45, 7) is 2.87. The number of hydrogen-bond acceptors (Lipinski definition) is 5. The molecule has 1 aromatic rings. The zero-order valence-electron chi connectivity index (χ0n) is 12.6. The van der Waals surface area contributed by atoms with Gasteiger partial charge in [-0.05, 0) is 24.3 Å². The van der Waals surface area contributed by atoms with Crippen molar-refractivity contribution in [3.63, 3.8) is 0 Å². The molecule has 1 fully saturated rings. The van der Waals surface area contributed by atoms with Gasteiger partial charge in [-0.1, -0.05) is 0 Å². The first kappa shape index (κ1) is 16.9. The normalized spacial score (nSPS) is 16.5. The highest BCUT2D eigenvalue weighted by Gasteiger charge is 2.24. The Labute approximate surface area is 130 Å². The van der Waals surface area contributed by atoms with E-state index in [-0.39, 0.29) is 19.1 Å². The first-order valence-corrected chi connectivity index (χ1v) is 9.07. The van der Waals surface area contributed by atoms with E-state index in [1.165, 1.54) is 0 Å².